The molecule has 20 heteroatoms. The van der Waals surface area contributed by atoms with Gasteiger partial charge in [-0.3, -0.25) is 18.5 Å². The smallest absolute Gasteiger partial charge is 0.387 e. The summed E-state index contributed by atoms with van der Waals surface area (Å²) in [4.78, 5) is 58.9. The second-order valence-corrected chi connectivity index (χ2v) is 10.3. The van der Waals surface area contributed by atoms with Crippen molar-refractivity contribution in [2.75, 3.05) is 6.61 Å². The molecule has 1 aromatic heterocycles. The van der Waals surface area contributed by atoms with Crippen molar-refractivity contribution in [1.29, 1.82) is 0 Å². The summed E-state index contributed by atoms with van der Waals surface area (Å²) < 4.78 is 51.5. The summed E-state index contributed by atoms with van der Waals surface area (Å²) in [5.41, 5.74) is -1.57. The molecule has 0 amide bonds. The maximum atomic E-state index is 12.1. The molecule has 3 unspecified atom stereocenters. The third-order valence-electron chi connectivity index (χ3n) is 3.65. The van der Waals surface area contributed by atoms with Gasteiger partial charge in [-0.05, 0) is 0 Å². The van der Waals surface area contributed by atoms with Gasteiger partial charge in [-0.1, -0.05) is 0 Å². The summed E-state index contributed by atoms with van der Waals surface area (Å²) in [6.07, 6.45) is -5.66. The van der Waals surface area contributed by atoms with E-state index < -0.39 is 65.9 Å². The average molecular weight is 498 g/mol. The van der Waals surface area contributed by atoms with Crippen LogP contribution in [-0.2, 0) is 38.6 Å². The molecule has 0 spiro atoms. The quantitative estimate of drug-likeness (QED) is 0.203. The Morgan fingerprint density at radius 1 is 1.03 bits per heavy atom. The highest BCUT2D eigenvalue weighted by Crippen LogP contribution is 2.66. The fourth-order valence-corrected chi connectivity index (χ4v) is 5.38. The zero-order chi connectivity index (χ0) is 23.1. The Morgan fingerprint density at radius 2 is 1.63 bits per heavy atom. The molecule has 6 N–H and O–H groups in total. The lowest BCUT2D eigenvalue weighted by Crippen LogP contribution is -2.41. The summed E-state index contributed by atoms with van der Waals surface area (Å²) in [6, 6.07) is 0.975. The zero-order valence-corrected chi connectivity index (χ0v) is 17.4. The monoisotopic (exact) mass is 498 g/mol. The SMILES string of the molecule is Cn1c(=O)ccn([C@@H]2O[C@H](COP(=O)(O)OP(=O)(O)OP(=O)(O)O)C(O)[C@@H]2O)c1=O. The van der Waals surface area contributed by atoms with Crippen LogP contribution in [-0.4, -0.2) is 63.8 Å². The molecule has 1 aromatic rings. The van der Waals surface area contributed by atoms with Crippen molar-refractivity contribution < 1.29 is 61.4 Å². The number of phosphoric ester groups is 1. The predicted octanol–water partition coefficient (Wildman–Crippen LogP) is -2.49. The first kappa shape index (κ1) is 25.2. The Hall–Kier alpha value is -1.03. The third kappa shape index (κ3) is 6.24. The van der Waals surface area contributed by atoms with Gasteiger partial charge in [0.25, 0.3) is 5.56 Å². The van der Waals surface area contributed by atoms with Crippen molar-refractivity contribution in [1.82, 2.24) is 9.13 Å². The lowest BCUT2D eigenvalue weighted by atomic mass is 10.1. The Balaban J connectivity index is 2.09. The van der Waals surface area contributed by atoms with Crippen molar-refractivity contribution in [3.05, 3.63) is 33.1 Å². The zero-order valence-electron chi connectivity index (χ0n) is 14.8. The normalized spacial score (nSPS) is 28.8. The molecule has 0 radical (unpaired) electrons. The molecule has 17 nitrogen and oxygen atoms in total. The minimum absolute atomic E-state index is 0.659. The van der Waals surface area contributed by atoms with Crippen LogP contribution < -0.4 is 11.2 Å². The summed E-state index contributed by atoms with van der Waals surface area (Å²) in [6.45, 7) is -1.04. The van der Waals surface area contributed by atoms with Gasteiger partial charge in [0.1, 0.15) is 18.3 Å². The fourth-order valence-electron chi connectivity index (χ4n) is 2.35. The molecule has 1 saturated heterocycles. The van der Waals surface area contributed by atoms with E-state index >= 15 is 0 Å². The van der Waals surface area contributed by atoms with Crippen LogP contribution in [0.15, 0.2) is 21.9 Å². The van der Waals surface area contributed by atoms with Crippen LogP contribution in [0.4, 0.5) is 0 Å². The van der Waals surface area contributed by atoms with Crippen LogP contribution in [0.25, 0.3) is 0 Å². The van der Waals surface area contributed by atoms with Gasteiger partial charge in [0.15, 0.2) is 6.23 Å². The van der Waals surface area contributed by atoms with Crippen molar-refractivity contribution in [2.24, 2.45) is 7.05 Å². The van der Waals surface area contributed by atoms with Gasteiger partial charge < -0.3 is 34.5 Å². The van der Waals surface area contributed by atoms with E-state index in [1.165, 1.54) is 0 Å². The van der Waals surface area contributed by atoms with Gasteiger partial charge in [-0.15, -0.1) is 0 Å². The van der Waals surface area contributed by atoms with Crippen LogP contribution >= 0.6 is 23.5 Å². The minimum Gasteiger partial charge on any atom is -0.387 e. The molecule has 1 aliphatic rings. The highest BCUT2D eigenvalue weighted by atomic mass is 31.3. The Labute approximate surface area is 166 Å². The van der Waals surface area contributed by atoms with E-state index in [0.29, 0.717) is 4.57 Å². The van der Waals surface area contributed by atoms with Crippen LogP contribution in [0.3, 0.4) is 0 Å². The molecule has 172 valence electrons. The summed E-state index contributed by atoms with van der Waals surface area (Å²) in [5.74, 6) is 0. The molecule has 1 aliphatic heterocycles. The molecule has 30 heavy (non-hydrogen) atoms. The largest absolute Gasteiger partial charge is 0.490 e. The fraction of sp³-hybridized carbons (Fsp3) is 0.600. The van der Waals surface area contributed by atoms with Crippen LogP contribution in [0.2, 0.25) is 0 Å². The summed E-state index contributed by atoms with van der Waals surface area (Å²) >= 11 is 0. The number of aromatic nitrogens is 2. The van der Waals surface area contributed by atoms with E-state index in [9.17, 15) is 38.4 Å². The average Bonchev–Trinajstić information content (AvgIpc) is 2.83. The van der Waals surface area contributed by atoms with Crippen molar-refractivity contribution in [3.63, 3.8) is 0 Å². The first-order valence-electron chi connectivity index (χ1n) is 7.61. The van der Waals surface area contributed by atoms with E-state index in [1.807, 2.05) is 0 Å². The van der Waals surface area contributed by atoms with Crippen molar-refractivity contribution in [2.45, 2.75) is 24.5 Å². The molecule has 0 aliphatic carbocycles. The topological polar surface area (TPSA) is 254 Å². The summed E-state index contributed by atoms with van der Waals surface area (Å²) in [7, 11) is -15.6. The Morgan fingerprint density at radius 3 is 2.20 bits per heavy atom. The molecule has 0 saturated carbocycles. The van der Waals surface area contributed by atoms with E-state index in [-0.39, 0.29) is 0 Å². The van der Waals surface area contributed by atoms with Gasteiger partial charge in [-0.2, -0.15) is 8.62 Å². The summed E-state index contributed by atoms with van der Waals surface area (Å²) in [5, 5.41) is 20.1. The molecule has 2 rings (SSSR count). The number of aliphatic hydroxyl groups excluding tert-OH is 2. The van der Waals surface area contributed by atoms with E-state index in [4.69, 9.17) is 19.4 Å². The van der Waals surface area contributed by atoms with Gasteiger partial charge in [-0.25, -0.2) is 18.5 Å². The molecule has 2 heterocycles. The first-order chi connectivity index (χ1) is 13.5. The second-order valence-electron chi connectivity index (χ2n) is 5.84. The number of rotatable bonds is 8. The molecular weight excluding hydrogens is 481 g/mol. The highest BCUT2D eigenvalue weighted by Gasteiger charge is 2.46. The van der Waals surface area contributed by atoms with Crippen LogP contribution in [0, 0.1) is 0 Å². The lowest BCUT2D eigenvalue weighted by molar-refractivity contribution is -0.0547. The minimum atomic E-state index is -5.73. The number of phosphoric acid groups is 3. The molecule has 0 aromatic carbocycles. The first-order valence-corrected chi connectivity index (χ1v) is 12.1. The van der Waals surface area contributed by atoms with E-state index in [2.05, 4.69) is 13.1 Å². The van der Waals surface area contributed by atoms with E-state index in [1.54, 1.807) is 0 Å². The maximum absolute atomic E-state index is 12.1. The predicted molar refractivity (Wildman–Crippen MR) is 91.7 cm³/mol. The molecular formula is C10H17N2O15P3. The van der Waals surface area contributed by atoms with Crippen LogP contribution in [0.5, 0.6) is 0 Å². The maximum Gasteiger partial charge on any atom is 0.490 e. The van der Waals surface area contributed by atoms with Crippen molar-refractivity contribution in [3.8, 4) is 0 Å². The molecule has 6 atom stereocenters. The number of hydrogen-bond donors (Lipinski definition) is 6. The number of nitrogens with zero attached hydrogens (tertiary/aromatic N) is 2. The van der Waals surface area contributed by atoms with Crippen molar-refractivity contribution >= 4 is 23.5 Å². The van der Waals surface area contributed by atoms with Gasteiger partial charge in [0.05, 0.1) is 6.61 Å². The third-order valence-corrected chi connectivity index (χ3v) is 7.45. The number of ether oxygens (including phenoxy) is 1. The Kier molecular flexibility index (Phi) is 7.44. The van der Waals surface area contributed by atoms with Gasteiger partial charge in [0, 0.05) is 19.3 Å². The molecule has 1 fully saturated rings. The van der Waals surface area contributed by atoms with Gasteiger partial charge in [0.2, 0.25) is 0 Å². The van der Waals surface area contributed by atoms with Crippen LogP contribution in [0.1, 0.15) is 6.23 Å². The molecule has 0 bridgehead atoms. The standard InChI is InChI=1S/C10H17N2O15P3/c1-11-6(13)2-3-12(10(11)16)9-8(15)7(14)5(25-9)4-24-29(20,21)27-30(22,23)26-28(17,18)19/h2-3,5,7-9,14-15H,4H2,1H3,(H,20,21)(H,22,23)(H2,17,18,19)/t5-,7?,8+,9-/m1/s1. The number of hydrogen-bond acceptors (Lipinski definition) is 11. The van der Waals surface area contributed by atoms with Gasteiger partial charge >= 0.3 is 29.2 Å². The number of aliphatic hydroxyl groups is 2. The highest BCUT2D eigenvalue weighted by molar-refractivity contribution is 7.66. The Bertz CT molecular complexity index is 1040. The van der Waals surface area contributed by atoms with E-state index in [0.717, 1.165) is 23.9 Å². The lowest BCUT2D eigenvalue weighted by Gasteiger charge is -2.19. The second kappa shape index (κ2) is 8.84.